The average Bonchev–Trinajstić information content (AvgIpc) is 2.40. The molecule has 0 unspecified atom stereocenters. The van der Waals surface area contributed by atoms with Crippen LogP contribution in [-0.4, -0.2) is 14.5 Å². The van der Waals surface area contributed by atoms with E-state index in [9.17, 15) is 0 Å². The first kappa shape index (κ1) is 17.5. The van der Waals surface area contributed by atoms with E-state index in [1.165, 1.54) is 0 Å². The molecule has 0 radical (unpaired) electrons. The molecule has 0 N–H and O–H groups in total. The molecule has 0 aliphatic carbocycles. The standard InChI is InChI=1S/C13H21Se.C5H5S/c1-12(2,3)10-8-7-9-11(14-10)13(4,5)6;1-2-4-6-5-3-1/h7-9H,1-6H3;1-5H/q2*+1. The molecule has 0 aliphatic heterocycles. The summed E-state index contributed by atoms with van der Waals surface area (Å²) in [5.74, 6) is 0. The Bertz CT molecular complexity index is 451. The van der Waals surface area contributed by atoms with E-state index < -0.39 is 0 Å². The number of rotatable bonds is 0. The van der Waals surface area contributed by atoms with Crippen LogP contribution in [0.2, 0.25) is 0 Å². The van der Waals surface area contributed by atoms with Gasteiger partial charge in [-0.2, -0.15) is 0 Å². The maximum Gasteiger partial charge on any atom is 0.211 e. The number of hydrogen-bond acceptors (Lipinski definition) is 0. The second-order valence-corrected chi connectivity index (χ2v) is 9.93. The summed E-state index contributed by atoms with van der Waals surface area (Å²) >= 11 is 2.25. The van der Waals surface area contributed by atoms with Crippen LogP contribution in [0.1, 0.15) is 50.4 Å². The van der Waals surface area contributed by atoms with Crippen LogP contribution in [-0.2, 0) is 10.8 Å². The van der Waals surface area contributed by atoms with Crippen LogP contribution >= 0.6 is 11.3 Å². The van der Waals surface area contributed by atoms with Crippen LogP contribution in [0.25, 0.3) is 0 Å². The molecule has 0 saturated heterocycles. The maximum absolute atomic E-state index is 2.31. The van der Waals surface area contributed by atoms with Gasteiger partial charge >= 0.3 is 93.9 Å². The molecule has 2 rings (SSSR count). The van der Waals surface area contributed by atoms with Crippen molar-refractivity contribution in [3.63, 3.8) is 0 Å². The molecule has 2 heteroatoms. The van der Waals surface area contributed by atoms with Gasteiger partial charge in [0.15, 0.2) is 10.8 Å². The van der Waals surface area contributed by atoms with Crippen molar-refractivity contribution >= 4 is 25.8 Å². The normalized spacial score (nSPS) is 11.5. The Balaban J connectivity index is 0.000000276. The van der Waals surface area contributed by atoms with Crippen molar-refractivity contribution in [2.75, 3.05) is 0 Å². The first-order valence-electron chi connectivity index (χ1n) is 6.96. The van der Waals surface area contributed by atoms with Gasteiger partial charge in [0.25, 0.3) is 0 Å². The predicted octanol–water partition coefficient (Wildman–Crippen LogP) is 5.65. The zero-order valence-electron chi connectivity index (χ0n) is 13.4. The van der Waals surface area contributed by atoms with E-state index >= 15 is 0 Å². The summed E-state index contributed by atoms with van der Waals surface area (Å²) in [5.41, 5.74) is 0.669. The van der Waals surface area contributed by atoms with Gasteiger partial charge in [-0.3, -0.25) is 0 Å². The summed E-state index contributed by atoms with van der Waals surface area (Å²) in [7, 11) is 0. The van der Waals surface area contributed by atoms with E-state index in [0.29, 0.717) is 25.3 Å². The fourth-order valence-electron chi connectivity index (χ4n) is 1.51. The zero-order valence-corrected chi connectivity index (χ0v) is 16.0. The molecule has 0 spiro atoms. The molecular formula is C18H26SSe+2. The van der Waals surface area contributed by atoms with Gasteiger partial charge in [-0.25, -0.2) is 0 Å². The van der Waals surface area contributed by atoms with Crippen LogP contribution < -0.4 is 0 Å². The van der Waals surface area contributed by atoms with Crippen molar-refractivity contribution < 1.29 is 0 Å². The largest absolute Gasteiger partial charge is 0.211 e. The Morgan fingerprint density at radius 3 is 1.40 bits per heavy atom. The summed E-state index contributed by atoms with van der Waals surface area (Å²) in [5, 5.41) is 4.08. The Kier molecular flexibility index (Phi) is 6.51. The second-order valence-electron chi connectivity index (χ2n) is 6.84. The third-order valence-electron chi connectivity index (χ3n) is 2.73. The molecule has 0 amide bonds. The van der Waals surface area contributed by atoms with Crippen LogP contribution in [0, 0.1) is 0 Å². The van der Waals surface area contributed by atoms with E-state index in [2.05, 4.69) is 59.7 Å². The summed E-state index contributed by atoms with van der Waals surface area (Å²) in [4.78, 5) is 0. The van der Waals surface area contributed by atoms with Crippen molar-refractivity contribution in [3.05, 3.63) is 56.0 Å². The SMILES string of the molecule is CC(C)(C)c1cccc(C(C)(C)C)[se+]1.c1cc[s+]cc1. The van der Waals surface area contributed by atoms with Crippen LogP contribution in [0.3, 0.4) is 0 Å². The summed E-state index contributed by atoms with van der Waals surface area (Å²) in [6, 6.07) is 12.9. The molecule has 0 aliphatic rings. The van der Waals surface area contributed by atoms with Crippen LogP contribution in [0.15, 0.2) is 47.2 Å². The van der Waals surface area contributed by atoms with Gasteiger partial charge in [-0.15, -0.1) is 0 Å². The van der Waals surface area contributed by atoms with Gasteiger partial charge in [0, 0.05) is 0 Å². The van der Waals surface area contributed by atoms with E-state index in [1.807, 2.05) is 29.0 Å². The van der Waals surface area contributed by atoms with E-state index in [0.717, 1.165) is 0 Å². The Morgan fingerprint density at radius 2 is 1.15 bits per heavy atom. The van der Waals surface area contributed by atoms with Gasteiger partial charge < -0.3 is 0 Å². The van der Waals surface area contributed by atoms with Gasteiger partial charge in [-0.1, -0.05) is 6.07 Å². The van der Waals surface area contributed by atoms with Crippen molar-refractivity contribution in [2.45, 2.75) is 52.4 Å². The van der Waals surface area contributed by atoms with Crippen molar-refractivity contribution in [1.82, 2.24) is 0 Å². The first-order valence-corrected chi connectivity index (χ1v) is 9.61. The van der Waals surface area contributed by atoms with Crippen LogP contribution in [0.5, 0.6) is 0 Å². The Morgan fingerprint density at radius 1 is 0.700 bits per heavy atom. The molecule has 2 heterocycles. The van der Waals surface area contributed by atoms with E-state index in [-0.39, 0.29) is 0 Å². The topological polar surface area (TPSA) is 0 Å². The molecule has 0 nitrogen and oxygen atoms in total. The van der Waals surface area contributed by atoms with Gasteiger partial charge in [0.05, 0.1) is 0 Å². The third-order valence-corrected chi connectivity index (χ3v) is 7.42. The molecule has 0 saturated carbocycles. The molecule has 0 fully saturated rings. The minimum Gasteiger partial charge on any atom is -0.0524 e. The van der Waals surface area contributed by atoms with Crippen LogP contribution in [0.4, 0.5) is 0 Å². The zero-order chi connectivity index (χ0) is 15.2. The van der Waals surface area contributed by atoms with Gasteiger partial charge in [0.1, 0.15) is 0 Å². The molecule has 0 bridgehead atoms. The van der Waals surface area contributed by atoms with Crippen molar-refractivity contribution in [1.29, 1.82) is 0 Å². The predicted molar refractivity (Wildman–Crippen MR) is 93.9 cm³/mol. The van der Waals surface area contributed by atoms with E-state index in [4.69, 9.17) is 0 Å². The molecule has 2 aromatic heterocycles. The third kappa shape index (κ3) is 6.26. The number of hydrogen-bond donors (Lipinski definition) is 0. The molecule has 2 aromatic rings. The van der Waals surface area contributed by atoms with Gasteiger partial charge in [0.2, 0.25) is 11.3 Å². The molecular weight excluding hydrogens is 327 g/mol. The minimum atomic E-state index is 0.335. The van der Waals surface area contributed by atoms with Crippen molar-refractivity contribution in [3.8, 4) is 0 Å². The average molecular weight is 353 g/mol. The van der Waals surface area contributed by atoms with Gasteiger partial charge in [-0.05, 0) is 12.1 Å². The quantitative estimate of drug-likeness (QED) is 0.424. The van der Waals surface area contributed by atoms with E-state index in [1.54, 1.807) is 20.2 Å². The molecule has 20 heavy (non-hydrogen) atoms. The monoisotopic (exact) mass is 354 g/mol. The maximum atomic E-state index is 2.31. The van der Waals surface area contributed by atoms with Crippen molar-refractivity contribution in [2.24, 2.45) is 0 Å². The fourth-order valence-corrected chi connectivity index (χ4v) is 4.36. The summed E-state index contributed by atoms with van der Waals surface area (Å²) in [6.45, 7) is 13.8. The first-order chi connectivity index (χ1) is 9.21. The smallest absolute Gasteiger partial charge is 0.0524 e. The molecule has 0 aromatic carbocycles. The molecule has 0 atom stereocenters. The molecule has 108 valence electrons. The summed E-state index contributed by atoms with van der Waals surface area (Å²) in [6.07, 6.45) is 0. The Hall–Kier alpha value is -0.561. The minimum absolute atomic E-state index is 0.335. The second kappa shape index (κ2) is 7.45. The Labute approximate surface area is 134 Å². The summed E-state index contributed by atoms with van der Waals surface area (Å²) < 4.78 is 3.22. The fraction of sp³-hybridized carbons (Fsp3) is 0.444.